The summed E-state index contributed by atoms with van der Waals surface area (Å²) in [4.78, 5) is 15.3. The minimum Gasteiger partial charge on any atom is -0.358 e. The first-order valence-electron chi connectivity index (χ1n) is 5.58. The quantitative estimate of drug-likeness (QED) is 0.787. The van der Waals surface area contributed by atoms with Crippen LogP contribution in [0.1, 0.15) is 19.7 Å². The van der Waals surface area contributed by atoms with Crippen molar-refractivity contribution in [2.24, 2.45) is 0 Å². The predicted octanol–water partition coefficient (Wildman–Crippen LogP) is 2.04. The summed E-state index contributed by atoms with van der Waals surface area (Å²) in [5, 5.41) is 1.04. The molecule has 0 bridgehead atoms. The minimum atomic E-state index is 0.847. The van der Waals surface area contributed by atoms with E-state index in [4.69, 9.17) is 0 Å². The van der Waals surface area contributed by atoms with Crippen LogP contribution in [-0.2, 0) is 6.42 Å². The maximum atomic E-state index is 4.55. The number of nitrogens with zero attached hydrogens (tertiary/aromatic N) is 4. The summed E-state index contributed by atoms with van der Waals surface area (Å²) >= 11 is 0. The number of rotatable bonds is 3. The van der Waals surface area contributed by atoms with Gasteiger partial charge in [0.25, 0.3) is 0 Å². The molecule has 0 fully saturated rings. The fraction of sp³-hybridized carbons (Fsp3) is 0.417. The first-order chi connectivity index (χ1) is 7.76. The van der Waals surface area contributed by atoms with Gasteiger partial charge in [0, 0.05) is 37.8 Å². The second kappa shape index (κ2) is 4.43. The van der Waals surface area contributed by atoms with E-state index in [-0.39, 0.29) is 0 Å². The van der Waals surface area contributed by atoms with Gasteiger partial charge in [-0.3, -0.25) is 0 Å². The van der Waals surface area contributed by atoms with Crippen molar-refractivity contribution in [2.75, 3.05) is 18.5 Å². The van der Waals surface area contributed by atoms with E-state index in [1.54, 1.807) is 6.20 Å². The molecule has 4 heteroatoms. The molecule has 16 heavy (non-hydrogen) atoms. The van der Waals surface area contributed by atoms with Crippen LogP contribution in [0.3, 0.4) is 0 Å². The Bertz CT molecular complexity index is 495. The first-order valence-corrected chi connectivity index (χ1v) is 5.58. The minimum absolute atomic E-state index is 0.847. The van der Waals surface area contributed by atoms with E-state index in [1.165, 1.54) is 0 Å². The summed E-state index contributed by atoms with van der Waals surface area (Å²) in [5.74, 6) is 1.79. The van der Waals surface area contributed by atoms with Crippen molar-refractivity contribution in [3.63, 3.8) is 0 Å². The van der Waals surface area contributed by atoms with Gasteiger partial charge in [-0.25, -0.2) is 15.0 Å². The van der Waals surface area contributed by atoms with Crippen LogP contribution in [0.2, 0.25) is 0 Å². The van der Waals surface area contributed by atoms with Gasteiger partial charge in [0.2, 0.25) is 0 Å². The Balaban J connectivity index is 2.64. The number of hydrogen-bond acceptors (Lipinski definition) is 4. The maximum absolute atomic E-state index is 4.55. The largest absolute Gasteiger partial charge is 0.358 e. The van der Waals surface area contributed by atoms with Crippen LogP contribution in [0.25, 0.3) is 10.9 Å². The van der Waals surface area contributed by atoms with Crippen LogP contribution >= 0.6 is 0 Å². The lowest BCUT2D eigenvalue weighted by Gasteiger charge is -2.16. The summed E-state index contributed by atoms with van der Waals surface area (Å²) in [7, 11) is 2.02. The van der Waals surface area contributed by atoms with Gasteiger partial charge in [-0.15, -0.1) is 0 Å². The van der Waals surface area contributed by atoms with Gasteiger partial charge >= 0.3 is 0 Å². The van der Waals surface area contributed by atoms with Gasteiger partial charge in [0.1, 0.15) is 11.3 Å². The maximum Gasteiger partial charge on any atom is 0.154 e. The van der Waals surface area contributed by atoms with E-state index >= 15 is 0 Å². The zero-order valence-corrected chi connectivity index (χ0v) is 9.94. The molecule has 0 saturated carbocycles. The fourth-order valence-corrected chi connectivity index (χ4v) is 1.58. The van der Waals surface area contributed by atoms with Crippen LogP contribution in [0.5, 0.6) is 0 Å². The van der Waals surface area contributed by atoms with Crippen molar-refractivity contribution < 1.29 is 0 Å². The van der Waals surface area contributed by atoms with Crippen molar-refractivity contribution in [1.82, 2.24) is 15.0 Å². The van der Waals surface area contributed by atoms with Crippen molar-refractivity contribution in [1.29, 1.82) is 0 Å². The van der Waals surface area contributed by atoms with Gasteiger partial charge < -0.3 is 4.90 Å². The molecule has 0 radical (unpaired) electrons. The van der Waals surface area contributed by atoms with Crippen LogP contribution in [0, 0.1) is 0 Å². The standard InChI is InChI=1S/C12H16N4/c1-4-10-14-8-9-6-7-13-12(11(9)15-10)16(3)5-2/h6-8H,4-5H2,1-3H3. The average molecular weight is 216 g/mol. The lowest BCUT2D eigenvalue weighted by molar-refractivity contribution is 0.926. The number of aryl methyl sites for hydroxylation is 1. The van der Waals surface area contributed by atoms with Crippen LogP contribution in [-0.4, -0.2) is 28.5 Å². The molecular weight excluding hydrogens is 200 g/mol. The molecule has 0 saturated heterocycles. The summed E-state index contributed by atoms with van der Waals surface area (Å²) in [6.45, 7) is 5.07. The molecular formula is C12H16N4. The summed E-state index contributed by atoms with van der Waals surface area (Å²) in [5.41, 5.74) is 0.943. The molecule has 0 unspecified atom stereocenters. The molecule has 4 nitrogen and oxygen atoms in total. The van der Waals surface area contributed by atoms with Gasteiger partial charge in [-0.1, -0.05) is 6.92 Å². The Hall–Kier alpha value is -1.71. The molecule has 0 aliphatic rings. The Morgan fingerprint density at radius 3 is 2.75 bits per heavy atom. The summed E-state index contributed by atoms with van der Waals surface area (Å²) in [6, 6.07) is 1.95. The number of anilines is 1. The lowest BCUT2D eigenvalue weighted by atomic mass is 10.2. The van der Waals surface area contributed by atoms with E-state index in [9.17, 15) is 0 Å². The molecule has 0 atom stereocenters. The zero-order valence-electron chi connectivity index (χ0n) is 9.94. The van der Waals surface area contributed by atoms with Crippen molar-refractivity contribution in [3.8, 4) is 0 Å². The number of hydrogen-bond donors (Lipinski definition) is 0. The third kappa shape index (κ3) is 1.83. The fourth-order valence-electron chi connectivity index (χ4n) is 1.58. The SMILES string of the molecule is CCc1ncc2ccnc(N(C)CC)c2n1. The van der Waals surface area contributed by atoms with Gasteiger partial charge in [-0.2, -0.15) is 0 Å². The van der Waals surface area contributed by atoms with E-state index in [1.807, 2.05) is 19.3 Å². The average Bonchev–Trinajstić information content (AvgIpc) is 2.36. The highest BCUT2D eigenvalue weighted by molar-refractivity contribution is 5.87. The first kappa shape index (κ1) is 10.8. The highest BCUT2D eigenvalue weighted by Crippen LogP contribution is 2.20. The van der Waals surface area contributed by atoms with Gasteiger partial charge in [-0.05, 0) is 13.0 Å². The molecule has 0 aliphatic heterocycles. The third-order valence-corrected chi connectivity index (χ3v) is 2.68. The third-order valence-electron chi connectivity index (χ3n) is 2.68. The molecule has 0 spiro atoms. The van der Waals surface area contributed by atoms with Crippen LogP contribution < -0.4 is 4.90 Å². The lowest BCUT2D eigenvalue weighted by Crippen LogP contribution is -2.18. The summed E-state index contributed by atoms with van der Waals surface area (Å²) in [6.07, 6.45) is 4.52. The van der Waals surface area contributed by atoms with Crippen molar-refractivity contribution in [3.05, 3.63) is 24.3 Å². The van der Waals surface area contributed by atoms with E-state index < -0.39 is 0 Å². The van der Waals surface area contributed by atoms with E-state index in [0.29, 0.717) is 0 Å². The molecule has 2 heterocycles. The summed E-state index contributed by atoms with van der Waals surface area (Å²) < 4.78 is 0. The van der Waals surface area contributed by atoms with Crippen molar-refractivity contribution in [2.45, 2.75) is 20.3 Å². The molecule has 2 rings (SSSR count). The topological polar surface area (TPSA) is 41.9 Å². The smallest absolute Gasteiger partial charge is 0.154 e. The second-order valence-electron chi connectivity index (χ2n) is 3.73. The highest BCUT2D eigenvalue weighted by Gasteiger charge is 2.08. The monoisotopic (exact) mass is 216 g/mol. The van der Waals surface area contributed by atoms with Crippen LogP contribution in [0.4, 0.5) is 5.82 Å². The second-order valence-corrected chi connectivity index (χ2v) is 3.73. The Morgan fingerprint density at radius 2 is 2.06 bits per heavy atom. The molecule has 2 aromatic rings. The Morgan fingerprint density at radius 1 is 1.25 bits per heavy atom. The number of aromatic nitrogens is 3. The molecule has 0 aromatic carbocycles. The van der Waals surface area contributed by atoms with E-state index in [0.717, 1.165) is 35.5 Å². The normalized spacial score (nSPS) is 10.7. The Labute approximate surface area is 95.4 Å². The number of pyridine rings is 1. The zero-order chi connectivity index (χ0) is 11.5. The molecule has 0 amide bonds. The molecule has 0 aliphatic carbocycles. The molecule has 84 valence electrons. The van der Waals surface area contributed by atoms with Crippen LogP contribution in [0.15, 0.2) is 18.5 Å². The molecule has 0 N–H and O–H groups in total. The van der Waals surface area contributed by atoms with Crippen molar-refractivity contribution >= 4 is 16.7 Å². The predicted molar refractivity (Wildman–Crippen MR) is 65.7 cm³/mol. The van der Waals surface area contributed by atoms with Gasteiger partial charge in [0.05, 0.1) is 0 Å². The molecule has 2 aromatic heterocycles. The van der Waals surface area contributed by atoms with E-state index in [2.05, 4.69) is 33.7 Å². The Kier molecular flexibility index (Phi) is 2.99. The highest BCUT2D eigenvalue weighted by atomic mass is 15.2. The number of fused-ring (bicyclic) bond motifs is 1. The van der Waals surface area contributed by atoms with Gasteiger partial charge in [0.15, 0.2) is 5.82 Å².